The van der Waals surface area contributed by atoms with E-state index in [0.717, 1.165) is 11.8 Å². The fourth-order valence-corrected chi connectivity index (χ4v) is 3.92. The Morgan fingerprint density at radius 1 is 1.00 bits per heavy atom. The quantitative estimate of drug-likeness (QED) is 0.537. The Morgan fingerprint density at radius 3 is 2.73 bits per heavy atom. The van der Waals surface area contributed by atoms with Crippen molar-refractivity contribution in [2.75, 3.05) is 0 Å². The van der Waals surface area contributed by atoms with Gasteiger partial charge in [0.25, 0.3) is 0 Å². The van der Waals surface area contributed by atoms with Gasteiger partial charge in [0.05, 0.1) is 0 Å². The summed E-state index contributed by atoms with van der Waals surface area (Å²) < 4.78 is 0. The minimum absolute atomic E-state index is 0.876. The van der Waals surface area contributed by atoms with Crippen molar-refractivity contribution in [2.24, 2.45) is 11.8 Å². The van der Waals surface area contributed by atoms with Crippen LogP contribution in [0.5, 0.6) is 0 Å². The minimum atomic E-state index is 0.876. The lowest BCUT2D eigenvalue weighted by atomic mass is 9.67. The van der Waals surface area contributed by atoms with E-state index in [1.807, 2.05) is 5.57 Å². The van der Waals surface area contributed by atoms with Gasteiger partial charge in [-0.1, -0.05) is 30.6 Å². The predicted molar refractivity (Wildman–Crippen MR) is 64.7 cm³/mol. The number of hydrogen-bond donors (Lipinski definition) is 0. The average Bonchev–Trinajstić information content (AvgIpc) is 2.30. The second kappa shape index (κ2) is 3.81. The molecule has 0 bridgehead atoms. The van der Waals surface area contributed by atoms with Crippen molar-refractivity contribution < 1.29 is 0 Å². The molecule has 0 spiro atoms. The lowest BCUT2D eigenvalue weighted by Gasteiger charge is -2.38. The standard InChI is InChI=1S/C15H22/c1-11-14-8-4-2-6-12(14)10-13-7-3-5-9-15(11)13/h10-11,14H,2-9H2,1H3. The number of rotatable bonds is 0. The molecule has 2 atom stereocenters. The molecule has 0 aromatic heterocycles. The van der Waals surface area contributed by atoms with Gasteiger partial charge in [0, 0.05) is 0 Å². The average molecular weight is 202 g/mol. The van der Waals surface area contributed by atoms with Gasteiger partial charge in [-0.15, -0.1) is 0 Å². The van der Waals surface area contributed by atoms with Crippen LogP contribution < -0.4 is 0 Å². The highest BCUT2D eigenvalue weighted by Crippen LogP contribution is 2.46. The molecule has 1 fully saturated rings. The molecule has 0 heterocycles. The summed E-state index contributed by atoms with van der Waals surface area (Å²) in [4.78, 5) is 0. The predicted octanol–water partition coefficient (Wildman–Crippen LogP) is 4.62. The lowest BCUT2D eigenvalue weighted by Crippen LogP contribution is -2.25. The van der Waals surface area contributed by atoms with Crippen molar-refractivity contribution in [1.29, 1.82) is 0 Å². The number of hydrogen-bond acceptors (Lipinski definition) is 0. The molecular formula is C15H22. The number of allylic oxidation sites excluding steroid dienone is 4. The van der Waals surface area contributed by atoms with Gasteiger partial charge in [0.2, 0.25) is 0 Å². The minimum Gasteiger partial charge on any atom is -0.0663 e. The van der Waals surface area contributed by atoms with Crippen LogP contribution >= 0.6 is 0 Å². The van der Waals surface area contributed by atoms with Crippen LogP contribution in [-0.4, -0.2) is 0 Å². The lowest BCUT2D eigenvalue weighted by molar-refractivity contribution is 0.349. The van der Waals surface area contributed by atoms with Crippen LogP contribution in [-0.2, 0) is 0 Å². The molecule has 0 radical (unpaired) electrons. The van der Waals surface area contributed by atoms with Crippen molar-refractivity contribution >= 4 is 0 Å². The zero-order valence-corrected chi connectivity index (χ0v) is 9.89. The van der Waals surface area contributed by atoms with E-state index in [4.69, 9.17) is 0 Å². The second-order valence-electron chi connectivity index (χ2n) is 5.62. The first kappa shape index (κ1) is 9.69. The van der Waals surface area contributed by atoms with Crippen LogP contribution in [0.4, 0.5) is 0 Å². The molecule has 2 unspecified atom stereocenters. The highest BCUT2D eigenvalue weighted by atomic mass is 14.4. The van der Waals surface area contributed by atoms with Crippen LogP contribution in [0, 0.1) is 11.8 Å². The van der Waals surface area contributed by atoms with E-state index in [-0.39, 0.29) is 0 Å². The van der Waals surface area contributed by atoms with Crippen molar-refractivity contribution in [2.45, 2.75) is 58.3 Å². The van der Waals surface area contributed by atoms with Gasteiger partial charge >= 0.3 is 0 Å². The first-order chi connectivity index (χ1) is 7.36. The third-order valence-electron chi connectivity index (χ3n) is 4.77. The van der Waals surface area contributed by atoms with Gasteiger partial charge < -0.3 is 0 Å². The first-order valence-corrected chi connectivity index (χ1v) is 6.78. The monoisotopic (exact) mass is 202 g/mol. The summed E-state index contributed by atoms with van der Waals surface area (Å²) in [5.41, 5.74) is 5.37. The van der Waals surface area contributed by atoms with Crippen molar-refractivity contribution in [3.05, 3.63) is 22.8 Å². The Bertz CT molecular complexity index is 319. The molecule has 3 rings (SSSR count). The smallest absolute Gasteiger partial charge is 0.0137 e. The molecule has 0 aromatic rings. The van der Waals surface area contributed by atoms with Crippen molar-refractivity contribution in [3.8, 4) is 0 Å². The highest BCUT2D eigenvalue weighted by Gasteiger charge is 2.32. The topological polar surface area (TPSA) is 0 Å². The van der Waals surface area contributed by atoms with Crippen LogP contribution in [0.1, 0.15) is 58.3 Å². The van der Waals surface area contributed by atoms with E-state index >= 15 is 0 Å². The van der Waals surface area contributed by atoms with Gasteiger partial charge in [-0.2, -0.15) is 0 Å². The SMILES string of the molecule is CC1C2=C(C=C3CCCCC31)CCCC2. The highest BCUT2D eigenvalue weighted by molar-refractivity contribution is 5.38. The maximum Gasteiger partial charge on any atom is -0.0137 e. The Hall–Kier alpha value is -0.520. The Labute approximate surface area is 93.5 Å². The molecule has 3 aliphatic carbocycles. The normalized spacial score (nSPS) is 35.7. The summed E-state index contributed by atoms with van der Waals surface area (Å²) in [6.45, 7) is 2.49. The molecule has 0 saturated heterocycles. The van der Waals surface area contributed by atoms with E-state index in [9.17, 15) is 0 Å². The van der Waals surface area contributed by atoms with Gasteiger partial charge in [-0.05, 0) is 62.4 Å². The molecular weight excluding hydrogens is 180 g/mol. The van der Waals surface area contributed by atoms with Gasteiger partial charge in [0.1, 0.15) is 0 Å². The zero-order chi connectivity index (χ0) is 10.3. The van der Waals surface area contributed by atoms with Crippen LogP contribution in [0.2, 0.25) is 0 Å². The fourth-order valence-electron chi connectivity index (χ4n) is 3.92. The zero-order valence-electron chi connectivity index (χ0n) is 9.89. The van der Waals surface area contributed by atoms with Crippen LogP contribution in [0.15, 0.2) is 22.8 Å². The van der Waals surface area contributed by atoms with Crippen molar-refractivity contribution in [1.82, 2.24) is 0 Å². The third kappa shape index (κ3) is 1.58. The molecule has 0 amide bonds. The molecule has 0 N–H and O–H groups in total. The molecule has 0 nitrogen and oxygen atoms in total. The first-order valence-electron chi connectivity index (χ1n) is 6.78. The Balaban J connectivity index is 1.96. The molecule has 0 heteroatoms. The van der Waals surface area contributed by atoms with Crippen LogP contribution in [0.25, 0.3) is 0 Å². The second-order valence-corrected chi connectivity index (χ2v) is 5.62. The molecule has 1 saturated carbocycles. The summed E-state index contributed by atoms with van der Waals surface area (Å²) >= 11 is 0. The van der Waals surface area contributed by atoms with E-state index in [1.54, 1.807) is 11.1 Å². The number of fused-ring (bicyclic) bond motifs is 1. The largest absolute Gasteiger partial charge is 0.0663 e. The van der Waals surface area contributed by atoms with E-state index in [0.29, 0.717) is 0 Å². The Morgan fingerprint density at radius 2 is 1.80 bits per heavy atom. The van der Waals surface area contributed by atoms with E-state index < -0.39 is 0 Å². The maximum absolute atomic E-state index is 2.60. The van der Waals surface area contributed by atoms with E-state index in [2.05, 4.69) is 13.0 Å². The summed E-state index contributed by atoms with van der Waals surface area (Å²) in [5, 5.41) is 0. The maximum atomic E-state index is 2.60. The molecule has 15 heavy (non-hydrogen) atoms. The van der Waals surface area contributed by atoms with Crippen molar-refractivity contribution in [3.63, 3.8) is 0 Å². The molecule has 0 aromatic carbocycles. The molecule has 0 aliphatic heterocycles. The third-order valence-corrected chi connectivity index (χ3v) is 4.77. The summed E-state index contributed by atoms with van der Waals surface area (Å²) in [6, 6.07) is 0. The fraction of sp³-hybridized carbons (Fsp3) is 0.733. The Kier molecular flexibility index (Phi) is 2.46. The summed E-state index contributed by atoms with van der Waals surface area (Å²) in [5.74, 6) is 1.80. The van der Waals surface area contributed by atoms with Gasteiger partial charge in [0.15, 0.2) is 0 Å². The van der Waals surface area contributed by atoms with E-state index in [1.165, 1.54) is 51.4 Å². The van der Waals surface area contributed by atoms with Crippen LogP contribution in [0.3, 0.4) is 0 Å². The molecule has 3 aliphatic rings. The van der Waals surface area contributed by atoms with Gasteiger partial charge in [-0.3, -0.25) is 0 Å². The van der Waals surface area contributed by atoms with Gasteiger partial charge in [-0.25, -0.2) is 0 Å². The molecule has 82 valence electrons. The summed E-state index contributed by atoms with van der Waals surface area (Å²) in [6.07, 6.45) is 14.0. The summed E-state index contributed by atoms with van der Waals surface area (Å²) in [7, 11) is 0.